The second-order valence-electron chi connectivity index (χ2n) is 4.79. The number of nitro groups is 1. The number of nitro benzene ring substituents is 1. The van der Waals surface area contributed by atoms with Gasteiger partial charge in [0.25, 0.3) is 5.69 Å². The first-order chi connectivity index (χ1) is 10.5. The summed E-state index contributed by atoms with van der Waals surface area (Å²) in [6.07, 6.45) is 0.985. The molecular weight excluding hydrogens is 302 g/mol. The Morgan fingerprint density at radius 1 is 1.27 bits per heavy atom. The van der Waals surface area contributed by atoms with Gasteiger partial charge >= 0.3 is 6.03 Å². The number of hydrogen-bond acceptors (Lipinski definition) is 4. The summed E-state index contributed by atoms with van der Waals surface area (Å²) in [4.78, 5) is 24.5. The van der Waals surface area contributed by atoms with E-state index >= 15 is 0 Å². The Hall–Kier alpha value is -2.41. The minimum Gasteiger partial charge on any atom is -0.333 e. The number of urea groups is 1. The molecule has 0 radical (unpaired) electrons. The van der Waals surface area contributed by atoms with Gasteiger partial charge in [-0.2, -0.15) is 0 Å². The van der Waals surface area contributed by atoms with Crippen molar-refractivity contribution in [2.75, 3.05) is 5.32 Å². The number of carbonyl (C=O) groups excluding carboxylic acids is 1. The molecule has 0 spiro atoms. The standard InChI is InChI=1S/C15H17N3O3S/c1-3-12-5-6-13(22-12)9-16-15(19)17-11-4-7-14(18(20)21)10(2)8-11/h4-8H,3,9H2,1-2H3,(H2,16,17,19). The lowest BCUT2D eigenvalue weighted by Crippen LogP contribution is -2.27. The van der Waals surface area contributed by atoms with Crippen LogP contribution in [0.25, 0.3) is 0 Å². The Bertz CT molecular complexity index is 697. The highest BCUT2D eigenvalue weighted by molar-refractivity contribution is 7.11. The average Bonchev–Trinajstić information content (AvgIpc) is 2.93. The van der Waals surface area contributed by atoms with E-state index in [1.54, 1.807) is 24.3 Å². The quantitative estimate of drug-likeness (QED) is 0.648. The lowest BCUT2D eigenvalue weighted by molar-refractivity contribution is -0.385. The fraction of sp³-hybridized carbons (Fsp3) is 0.267. The zero-order valence-corrected chi connectivity index (χ0v) is 13.2. The van der Waals surface area contributed by atoms with Gasteiger partial charge in [0.1, 0.15) is 0 Å². The molecule has 0 bridgehead atoms. The molecule has 2 N–H and O–H groups in total. The number of hydrogen-bond donors (Lipinski definition) is 2. The molecule has 7 heteroatoms. The van der Waals surface area contributed by atoms with E-state index in [-0.39, 0.29) is 11.7 Å². The van der Waals surface area contributed by atoms with E-state index in [9.17, 15) is 14.9 Å². The van der Waals surface area contributed by atoms with E-state index in [0.717, 1.165) is 11.3 Å². The molecule has 2 amide bonds. The van der Waals surface area contributed by atoms with Crippen molar-refractivity contribution in [1.82, 2.24) is 5.32 Å². The Morgan fingerprint density at radius 3 is 2.59 bits per heavy atom. The largest absolute Gasteiger partial charge is 0.333 e. The van der Waals surface area contributed by atoms with Crippen molar-refractivity contribution in [3.05, 3.63) is 55.8 Å². The molecule has 1 aromatic carbocycles. The zero-order chi connectivity index (χ0) is 16.1. The van der Waals surface area contributed by atoms with Gasteiger partial charge in [-0.25, -0.2) is 4.79 Å². The molecule has 0 aliphatic carbocycles. The number of carbonyl (C=O) groups is 1. The number of amides is 2. The summed E-state index contributed by atoms with van der Waals surface area (Å²) in [7, 11) is 0. The molecule has 116 valence electrons. The number of aryl methyl sites for hydroxylation is 2. The molecule has 0 atom stereocenters. The number of benzene rings is 1. The molecule has 0 fully saturated rings. The van der Waals surface area contributed by atoms with E-state index in [0.29, 0.717) is 17.8 Å². The second-order valence-corrected chi connectivity index (χ2v) is 6.04. The monoisotopic (exact) mass is 319 g/mol. The first-order valence-electron chi connectivity index (χ1n) is 6.87. The summed E-state index contributed by atoms with van der Waals surface area (Å²) < 4.78 is 0. The minimum absolute atomic E-state index is 0.0386. The van der Waals surface area contributed by atoms with Crippen molar-refractivity contribution in [2.24, 2.45) is 0 Å². The maximum absolute atomic E-state index is 11.8. The summed E-state index contributed by atoms with van der Waals surface area (Å²) in [6, 6.07) is 8.21. The summed E-state index contributed by atoms with van der Waals surface area (Å²) in [5.74, 6) is 0. The predicted molar refractivity (Wildman–Crippen MR) is 87.4 cm³/mol. The fourth-order valence-corrected chi connectivity index (χ4v) is 2.89. The van der Waals surface area contributed by atoms with Gasteiger partial charge < -0.3 is 10.6 Å². The molecular formula is C15H17N3O3S. The van der Waals surface area contributed by atoms with E-state index < -0.39 is 4.92 Å². The minimum atomic E-state index is -0.443. The molecule has 0 aliphatic rings. The Kier molecular flexibility index (Phi) is 5.11. The number of thiophene rings is 1. The van der Waals surface area contributed by atoms with Crippen molar-refractivity contribution < 1.29 is 9.72 Å². The molecule has 1 heterocycles. The molecule has 22 heavy (non-hydrogen) atoms. The van der Waals surface area contributed by atoms with E-state index in [4.69, 9.17) is 0 Å². The van der Waals surface area contributed by atoms with E-state index in [2.05, 4.69) is 23.6 Å². The SMILES string of the molecule is CCc1ccc(CNC(=O)Nc2ccc([N+](=O)[O-])c(C)c2)s1. The highest BCUT2D eigenvalue weighted by Gasteiger charge is 2.11. The smallest absolute Gasteiger partial charge is 0.319 e. The van der Waals surface area contributed by atoms with Crippen LogP contribution >= 0.6 is 11.3 Å². The summed E-state index contributed by atoms with van der Waals surface area (Å²) in [5, 5.41) is 16.2. The van der Waals surface area contributed by atoms with Crippen LogP contribution in [0.3, 0.4) is 0 Å². The molecule has 2 aromatic rings. The van der Waals surface area contributed by atoms with Crippen molar-refractivity contribution in [3.8, 4) is 0 Å². The van der Waals surface area contributed by atoms with Crippen LogP contribution in [-0.2, 0) is 13.0 Å². The average molecular weight is 319 g/mol. The van der Waals surface area contributed by atoms with Crippen LogP contribution in [0.4, 0.5) is 16.2 Å². The van der Waals surface area contributed by atoms with Gasteiger partial charge in [-0.15, -0.1) is 11.3 Å². The van der Waals surface area contributed by atoms with Crippen molar-refractivity contribution >= 4 is 28.7 Å². The molecule has 0 unspecified atom stereocenters. The van der Waals surface area contributed by atoms with Crippen LogP contribution in [0.1, 0.15) is 22.2 Å². The van der Waals surface area contributed by atoms with Crippen molar-refractivity contribution in [2.45, 2.75) is 26.8 Å². The van der Waals surface area contributed by atoms with Crippen LogP contribution < -0.4 is 10.6 Å². The Balaban J connectivity index is 1.91. The first-order valence-corrected chi connectivity index (χ1v) is 7.68. The number of rotatable bonds is 5. The van der Waals surface area contributed by atoms with Crippen LogP contribution in [0, 0.1) is 17.0 Å². The van der Waals surface area contributed by atoms with Gasteiger partial charge in [0.05, 0.1) is 11.5 Å². The molecule has 0 saturated heterocycles. The summed E-state index contributed by atoms with van der Waals surface area (Å²) in [5.41, 5.74) is 1.08. The fourth-order valence-electron chi connectivity index (χ4n) is 1.99. The van der Waals surface area contributed by atoms with Gasteiger partial charge in [0.2, 0.25) is 0 Å². The summed E-state index contributed by atoms with van der Waals surface area (Å²) >= 11 is 1.67. The van der Waals surface area contributed by atoms with Crippen LogP contribution in [0.2, 0.25) is 0 Å². The maximum atomic E-state index is 11.8. The number of nitrogens with zero attached hydrogens (tertiary/aromatic N) is 1. The maximum Gasteiger partial charge on any atom is 0.319 e. The normalized spacial score (nSPS) is 10.3. The third kappa shape index (κ3) is 4.05. The first kappa shape index (κ1) is 16.0. The molecule has 2 rings (SSSR count). The Labute approximate surface area is 132 Å². The second kappa shape index (κ2) is 7.04. The highest BCUT2D eigenvalue weighted by atomic mass is 32.1. The van der Waals surface area contributed by atoms with Gasteiger partial charge in [-0.1, -0.05) is 6.92 Å². The molecule has 0 aliphatic heterocycles. The van der Waals surface area contributed by atoms with Gasteiger partial charge in [0.15, 0.2) is 0 Å². The van der Waals surface area contributed by atoms with Gasteiger partial charge in [-0.3, -0.25) is 10.1 Å². The summed E-state index contributed by atoms with van der Waals surface area (Å²) in [6.45, 7) is 4.19. The van der Waals surface area contributed by atoms with Crippen molar-refractivity contribution in [1.29, 1.82) is 0 Å². The zero-order valence-electron chi connectivity index (χ0n) is 12.4. The van der Waals surface area contributed by atoms with Crippen LogP contribution in [-0.4, -0.2) is 11.0 Å². The topological polar surface area (TPSA) is 84.3 Å². The predicted octanol–water partition coefficient (Wildman–Crippen LogP) is 3.85. The van der Waals surface area contributed by atoms with E-state index in [1.165, 1.54) is 17.0 Å². The molecule has 0 saturated carbocycles. The Morgan fingerprint density at radius 2 is 2.00 bits per heavy atom. The third-order valence-corrected chi connectivity index (χ3v) is 4.37. The highest BCUT2D eigenvalue weighted by Crippen LogP contribution is 2.21. The van der Waals surface area contributed by atoms with Gasteiger partial charge in [-0.05, 0) is 37.6 Å². The van der Waals surface area contributed by atoms with Crippen LogP contribution in [0.5, 0.6) is 0 Å². The number of nitrogens with one attached hydrogen (secondary N) is 2. The molecule has 1 aromatic heterocycles. The van der Waals surface area contributed by atoms with Crippen LogP contribution in [0.15, 0.2) is 30.3 Å². The van der Waals surface area contributed by atoms with E-state index in [1.807, 2.05) is 6.07 Å². The third-order valence-electron chi connectivity index (χ3n) is 3.14. The van der Waals surface area contributed by atoms with Crippen molar-refractivity contribution in [3.63, 3.8) is 0 Å². The number of anilines is 1. The lowest BCUT2D eigenvalue weighted by atomic mass is 10.2. The molecule has 6 nitrogen and oxygen atoms in total. The lowest BCUT2D eigenvalue weighted by Gasteiger charge is -2.07. The van der Waals surface area contributed by atoms with Gasteiger partial charge in [0, 0.05) is 27.1 Å².